The lowest BCUT2D eigenvalue weighted by Crippen LogP contribution is -2.44. The molecule has 1 aromatic carbocycles. The van der Waals surface area contributed by atoms with Gasteiger partial charge in [0.05, 0.1) is 6.42 Å². The maximum Gasteiger partial charge on any atom is 0.224 e. The summed E-state index contributed by atoms with van der Waals surface area (Å²) in [4.78, 5) is 19.6. The van der Waals surface area contributed by atoms with Crippen LogP contribution in [0, 0.1) is 0 Å². The van der Waals surface area contributed by atoms with Crippen LogP contribution in [0.3, 0.4) is 0 Å². The molecule has 0 atom stereocenters. The number of fused-ring (bicyclic) bond motifs is 1. The number of aromatic nitrogens is 2. The number of hydrogen-bond acceptors (Lipinski definition) is 3. The van der Waals surface area contributed by atoms with Crippen LogP contribution in [-0.4, -0.2) is 39.5 Å². The number of carbonyl (C=O) groups excluding carboxylic acids is 1. The van der Waals surface area contributed by atoms with Crippen molar-refractivity contribution in [3.63, 3.8) is 0 Å². The Morgan fingerprint density at radius 1 is 1.14 bits per heavy atom. The van der Waals surface area contributed by atoms with Crippen LogP contribution in [0.1, 0.15) is 30.9 Å². The third-order valence-electron chi connectivity index (χ3n) is 5.61. The van der Waals surface area contributed by atoms with Gasteiger partial charge in [-0.2, -0.15) is 0 Å². The number of rotatable bonds is 6. The van der Waals surface area contributed by atoms with Crippen LogP contribution in [0.2, 0.25) is 0 Å². The number of amides is 1. The molecule has 1 aliphatic heterocycles. The van der Waals surface area contributed by atoms with Crippen molar-refractivity contribution in [3.8, 4) is 0 Å². The first-order valence-corrected chi connectivity index (χ1v) is 10.2. The predicted octanol–water partition coefficient (Wildman–Crippen LogP) is 3.38. The number of likely N-dealkylation sites (tertiary alicyclic amines) is 1. The van der Waals surface area contributed by atoms with Gasteiger partial charge in [-0.25, -0.2) is 4.98 Å². The Morgan fingerprint density at radius 2 is 1.93 bits per heavy atom. The number of nitrogens with one attached hydrogen (secondary N) is 1. The SMILES string of the molecule is CCn1cc(CC(=O)NC2CCN(Cc3ccccc3)CC2)c2cccnc21. The Labute approximate surface area is 166 Å². The van der Waals surface area contributed by atoms with E-state index in [2.05, 4.69) is 69.3 Å². The molecule has 0 saturated carbocycles. The molecule has 1 N–H and O–H groups in total. The van der Waals surface area contributed by atoms with Crippen molar-refractivity contribution in [3.05, 3.63) is 66.0 Å². The zero-order valence-electron chi connectivity index (χ0n) is 16.5. The molecule has 1 aliphatic rings. The van der Waals surface area contributed by atoms with Gasteiger partial charge in [0.2, 0.25) is 5.91 Å². The Morgan fingerprint density at radius 3 is 2.68 bits per heavy atom. The minimum Gasteiger partial charge on any atom is -0.353 e. The van der Waals surface area contributed by atoms with Crippen molar-refractivity contribution in [1.29, 1.82) is 0 Å². The molecule has 1 fully saturated rings. The van der Waals surface area contributed by atoms with Gasteiger partial charge in [0.25, 0.3) is 0 Å². The highest BCUT2D eigenvalue weighted by molar-refractivity contribution is 5.87. The van der Waals surface area contributed by atoms with E-state index >= 15 is 0 Å². The highest BCUT2D eigenvalue weighted by Gasteiger charge is 2.21. The second-order valence-electron chi connectivity index (χ2n) is 7.60. The molecule has 0 radical (unpaired) electrons. The van der Waals surface area contributed by atoms with Gasteiger partial charge >= 0.3 is 0 Å². The molecule has 1 saturated heterocycles. The largest absolute Gasteiger partial charge is 0.353 e. The summed E-state index contributed by atoms with van der Waals surface area (Å²) >= 11 is 0. The van der Waals surface area contributed by atoms with E-state index in [1.807, 2.05) is 12.3 Å². The fourth-order valence-electron chi connectivity index (χ4n) is 4.11. The standard InChI is InChI=1S/C23H28N4O/c1-2-27-17-19(21-9-6-12-24-23(21)27)15-22(28)25-20-10-13-26(14-11-20)16-18-7-4-3-5-8-18/h3-9,12,17,20H,2,10-11,13-16H2,1H3,(H,25,28). The first-order valence-electron chi connectivity index (χ1n) is 10.2. The molecular formula is C23H28N4O. The first-order chi connectivity index (χ1) is 13.7. The summed E-state index contributed by atoms with van der Waals surface area (Å²) in [5.74, 6) is 0.112. The summed E-state index contributed by atoms with van der Waals surface area (Å²) in [6, 6.07) is 14.9. The average molecular weight is 377 g/mol. The summed E-state index contributed by atoms with van der Waals surface area (Å²) in [6.07, 6.45) is 6.31. The van der Waals surface area contributed by atoms with E-state index in [1.54, 1.807) is 0 Å². The number of benzene rings is 1. The van der Waals surface area contributed by atoms with Crippen molar-refractivity contribution in [2.45, 2.75) is 45.3 Å². The predicted molar refractivity (Wildman–Crippen MR) is 112 cm³/mol. The van der Waals surface area contributed by atoms with Gasteiger partial charge < -0.3 is 9.88 Å². The molecule has 3 aromatic rings. The molecule has 0 bridgehead atoms. The molecular weight excluding hydrogens is 348 g/mol. The zero-order chi connectivity index (χ0) is 19.3. The molecule has 5 nitrogen and oxygen atoms in total. The van der Waals surface area contributed by atoms with E-state index in [-0.39, 0.29) is 11.9 Å². The normalized spacial score (nSPS) is 15.8. The van der Waals surface area contributed by atoms with Gasteiger partial charge in [0.1, 0.15) is 5.65 Å². The van der Waals surface area contributed by atoms with E-state index in [1.165, 1.54) is 5.56 Å². The van der Waals surface area contributed by atoms with Crippen LogP contribution in [-0.2, 0) is 24.3 Å². The number of hydrogen-bond donors (Lipinski definition) is 1. The van der Waals surface area contributed by atoms with Crippen molar-refractivity contribution >= 4 is 16.9 Å². The van der Waals surface area contributed by atoms with Crippen LogP contribution in [0.15, 0.2) is 54.9 Å². The fourth-order valence-corrected chi connectivity index (χ4v) is 4.11. The third kappa shape index (κ3) is 4.25. The minimum atomic E-state index is 0.112. The number of piperidine rings is 1. The molecule has 4 rings (SSSR count). The zero-order valence-corrected chi connectivity index (χ0v) is 16.5. The van der Waals surface area contributed by atoms with Crippen LogP contribution in [0.5, 0.6) is 0 Å². The van der Waals surface area contributed by atoms with Gasteiger partial charge in [-0.1, -0.05) is 30.3 Å². The summed E-state index contributed by atoms with van der Waals surface area (Å²) < 4.78 is 2.11. The van der Waals surface area contributed by atoms with Gasteiger partial charge in [0.15, 0.2) is 0 Å². The van der Waals surface area contributed by atoms with Crippen molar-refractivity contribution < 1.29 is 4.79 Å². The van der Waals surface area contributed by atoms with Crippen LogP contribution < -0.4 is 5.32 Å². The molecule has 146 valence electrons. The van der Waals surface area contributed by atoms with Crippen LogP contribution in [0.4, 0.5) is 0 Å². The van der Waals surface area contributed by atoms with Crippen LogP contribution >= 0.6 is 0 Å². The maximum absolute atomic E-state index is 12.6. The van der Waals surface area contributed by atoms with Gasteiger partial charge in [0, 0.05) is 50.0 Å². The van der Waals surface area contributed by atoms with Gasteiger partial charge in [-0.05, 0) is 43.0 Å². The van der Waals surface area contributed by atoms with E-state index in [4.69, 9.17) is 0 Å². The topological polar surface area (TPSA) is 50.2 Å². The second-order valence-corrected chi connectivity index (χ2v) is 7.60. The third-order valence-corrected chi connectivity index (χ3v) is 5.61. The number of aryl methyl sites for hydroxylation is 1. The summed E-state index contributed by atoms with van der Waals surface area (Å²) in [5.41, 5.74) is 3.37. The molecule has 3 heterocycles. The molecule has 28 heavy (non-hydrogen) atoms. The summed E-state index contributed by atoms with van der Waals surface area (Å²) in [6.45, 7) is 6.00. The minimum absolute atomic E-state index is 0.112. The van der Waals surface area contributed by atoms with Gasteiger partial charge in [-0.3, -0.25) is 9.69 Å². The summed E-state index contributed by atoms with van der Waals surface area (Å²) in [7, 11) is 0. The van der Waals surface area contributed by atoms with Crippen molar-refractivity contribution in [1.82, 2.24) is 19.8 Å². The average Bonchev–Trinajstić information content (AvgIpc) is 3.08. The molecule has 0 aliphatic carbocycles. The number of pyridine rings is 1. The Bertz CT molecular complexity index is 926. The molecule has 0 unspecified atom stereocenters. The van der Waals surface area contributed by atoms with E-state index in [9.17, 15) is 4.79 Å². The highest BCUT2D eigenvalue weighted by Crippen LogP contribution is 2.20. The summed E-state index contributed by atoms with van der Waals surface area (Å²) in [5, 5.41) is 4.33. The molecule has 5 heteroatoms. The van der Waals surface area contributed by atoms with E-state index in [0.29, 0.717) is 6.42 Å². The van der Waals surface area contributed by atoms with E-state index in [0.717, 1.165) is 55.6 Å². The smallest absolute Gasteiger partial charge is 0.224 e. The lowest BCUT2D eigenvalue weighted by molar-refractivity contribution is -0.121. The van der Waals surface area contributed by atoms with E-state index < -0.39 is 0 Å². The number of carbonyl (C=O) groups is 1. The fraction of sp³-hybridized carbons (Fsp3) is 0.391. The maximum atomic E-state index is 12.6. The Hall–Kier alpha value is -2.66. The number of nitrogens with zero attached hydrogens (tertiary/aromatic N) is 3. The molecule has 2 aromatic heterocycles. The lowest BCUT2D eigenvalue weighted by atomic mass is 10.0. The quantitative estimate of drug-likeness (QED) is 0.718. The second kappa shape index (κ2) is 8.57. The monoisotopic (exact) mass is 376 g/mol. The molecule has 1 amide bonds. The Balaban J connectivity index is 1.31. The Kier molecular flexibility index (Phi) is 5.72. The van der Waals surface area contributed by atoms with Gasteiger partial charge in [-0.15, -0.1) is 0 Å². The molecule has 0 spiro atoms. The van der Waals surface area contributed by atoms with Crippen LogP contribution in [0.25, 0.3) is 11.0 Å². The highest BCUT2D eigenvalue weighted by atomic mass is 16.1. The van der Waals surface area contributed by atoms with Crippen molar-refractivity contribution in [2.24, 2.45) is 0 Å². The first kappa shape index (κ1) is 18.7. The van der Waals surface area contributed by atoms with Crippen molar-refractivity contribution in [2.75, 3.05) is 13.1 Å². The lowest BCUT2D eigenvalue weighted by Gasteiger charge is -2.32.